The zero-order valence-corrected chi connectivity index (χ0v) is 20.9. The van der Waals surface area contributed by atoms with Crippen LogP contribution in [0.4, 0.5) is 0 Å². The molecule has 0 aliphatic carbocycles. The van der Waals surface area contributed by atoms with Gasteiger partial charge in [-0.3, -0.25) is 9.36 Å². The first-order valence-corrected chi connectivity index (χ1v) is 12.2. The molecule has 1 amide bonds. The van der Waals surface area contributed by atoms with E-state index in [1.165, 1.54) is 22.4 Å². The summed E-state index contributed by atoms with van der Waals surface area (Å²) in [5.41, 5.74) is 6.34. The van der Waals surface area contributed by atoms with E-state index in [2.05, 4.69) is 62.4 Å². The number of likely N-dealkylation sites (N-methyl/N-ethyl adjacent to an activating group) is 1. The van der Waals surface area contributed by atoms with Crippen molar-refractivity contribution < 1.29 is 9.53 Å². The first-order chi connectivity index (χ1) is 15.6. The minimum Gasteiger partial charge on any atom is -0.493 e. The number of carbonyl (C=O) groups is 1. The molecule has 1 unspecified atom stereocenters. The average molecular weight is 449 g/mol. The molecular formula is C27H36N4O2. The number of hydrogen-bond acceptors (Lipinski definition) is 4. The van der Waals surface area contributed by atoms with Crippen molar-refractivity contribution in [3.63, 3.8) is 0 Å². The third-order valence-electron chi connectivity index (χ3n) is 7.41. The van der Waals surface area contributed by atoms with E-state index in [0.717, 1.165) is 62.6 Å². The Bertz CT molecular complexity index is 1140. The molecule has 0 spiro atoms. The monoisotopic (exact) mass is 448 g/mol. The second-order valence-electron chi connectivity index (χ2n) is 11.1. The van der Waals surface area contributed by atoms with Gasteiger partial charge in [-0.05, 0) is 88.3 Å². The van der Waals surface area contributed by atoms with Crippen LogP contribution in [0.1, 0.15) is 67.2 Å². The maximum atomic E-state index is 13.6. The predicted octanol–water partition coefficient (Wildman–Crippen LogP) is 4.13. The molecule has 0 saturated carbocycles. The maximum absolute atomic E-state index is 13.6. The Morgan fingerprint density at radius 2 is 1.97 bits per heavy atom. The van der Waals surface area contributed by atoms with Crippen molar-refractivity contribution in [3.8, 4) is 11.4 Å². The molecule has 176 valence electrons. The van der Waals surface area contributed by atoms with Gasteiger partial charge in [0, 0.05) is 25.7 Å². The number of hydrogen-bond donors (Lipinski definition) is 0. The standard InChI is InChI=1S/C27H36N4O2/c1-17-13-20-14-22-19(15-23(20)33-16-17)7-8-21-24(26(32)30(6)27(2,3)4)28-25(31(21)22)18-9-11-29(5)12-10-18/h9,14-15,17H,7-8,10-13,16H2,1-6H3. The summed E-state index contributed by atoms with van der Waals surface area (Å²) < 4.78 is 8.35. The molecule has 1 aromatic carbocycles. The van der Waals surface area contributed by atoms with Gasteiger partial charge < -0.3 is 14.5 Å². The summed E-state index contributed by atoms with van der Waals surface area (Å²) in [7, 11) is 4.03. The van der Waals surface area contributed by atoms with E-state index >= 15 is 0 Å². The first kappa shape index (κ1) is 22.2. The quantitative estimate of drug-likeness (QED) is 0.693. The van der Waals surface area contributed by atoms with Crippen LogP contribution >= 0.6 is 0 Å². The van der Waals surface area contributed by atoms with Gasteiger partial charge >= 0.3 is 0 Å². The highest BCUT2D eigenvalue weighted by atomic mass is 16.5. The van der Waals surface area contributed by atoms with Gasteiger partial charge in [-0.2, -0.15) is 0 Å². The van der Waals surface area contributed by atoms with Crippen molar-refractivity contribution in [2.75, 3.05) is 33.8 Å². The van der Waals surface area contributed by atoms with Crippen LogP contribution in [-0.4, -0.2) is 64.6 Å². The number of aryl methyl sites for hydroxylation is 1. The Morgan fingerprint density at radius 1 is 1.18 bits per heavy atom. The van der Waals surface area contributed by atoms with E-state index in [4.69, 9.17) is 9.72 Å². The van der Waals surface area contributed by atoms with Crippen LogP contribution in [-0.2, 0) is 19.3 Å². The van der Waals surface area contributed by atoms with Crippen LogP contribution < -0.4 is 4.74 Å². The fraction of sp³-hybridized carbons (Fsp3) is 0.556. The molecule has 33 heavy (non-hydrogen) atoms. The van der Waals surface area contributed by atoms with Crippen molar-refractivity contribution in [3.05, 3.63) is 46.5 Å². The molecule has 2 aromatic rings. The minimum atomic E-state index is -0.264. The zero-order chi connectivity index (χ0) is 23.5. The summed E-state index contributed by atoms with van der Waals surface area (Å²) >= 11 is 0. The predicted molar refractivity (Wildman–Crippen MR) is 131 cm³/mol. The molecule has 0 N–H and O–H groups in total. The first-order valence-electron chi connectivity index (χ1n) is 12.2. The number of nitrogens with zero attached hydrogens (tertiary/aromatic N) is 4. The van der Waals surface area contributed by atoms with E-state index < -0.39 is 0 Å². The summed E-state index contributed by atoms with van der Waals surface area (Å²) in [4.78, 5) is 22.8. The summed E-state index contributed by atoms with van der Waals surface area (Å²) in [6.45, 7) is 11.1. The lowest BCUT2D eigenvalue weighted by Crippen LogP contribution is -2.43. The molecule has 6 nitrogen and oxygen atoms in total. The number of ether oxygens (including phenoxy) is 1. The molecule has 5 rings (SSSR count). The Labute approximate surface area is 197 Å². The molecule has 0 fully saturated rings. The SMILES string of the molecule is CC1COc2cc3c(cc2C1)-n1c(C2=CCN(C)CC2)nc(C(=O)N(C)C(C)(C)C)c1CC3. The topological polar surface area (TPSA) is 50.6 Å². The molecule has 0 bridgehead atoms. The normalized spacial score (nSPS) is 20.3. The number of rotatable bonds is 2. The van der Waals surface area contributed by atoms with E-state index in [1.807, 2.05) is 11.9 Å². The number of benzene rings is 1. The maximum Gasteiger partial charge on any atom is 0.274 e. The highest BCUT2D eigenvalue weighted by molar-refractivity contribution is 5.95. The lowest BCUT2D eigenvalue weighted by atomic mass is 9.92. The van der Waals surface area contributed by atoms with Crippen molar-refractivity contribution in [1.82, 2.24) is 19.4 Å². The van der Waals surface area contributed by atoms with E-state index in [9.17, 15) is 4.79 Å². The van der Waals surface area contributed by atoms with Crippen LogP contribution in [0.3, 0.4) is 0 Å². The van der Waals surface area contributed by atoms with Crippen molar-refractivity contribution >= 4 is 11.5 Å². The minimum absolute atomic E-state index is 0.00407. The van der Waals surface area contributed by atoms with Gasteiger partial charge in [-0.25, -0.2) is 4.98 Å². The van der Waals surface area contributed by atoms with Crippen LogP contribution in [0.25, 0.3) is 11.3 Å². The molecule has 4 heterocycles. The second-order valence-corrected chi connectivity index (χ2v) is 11.1. The number of aromatic nitrogens is 2. The van der Waals surface area contributed by atoms with Gasteiger partial charge in [0.25, 0.3) is 5.91 Å². The van der Waals surface area contributed by atoms with Crippen LogP contribution in [0.5, 0.6) is 5.75 Å². The third kappa shape index (κ3) is 3.88. The van der Waals surface area contributed by atoms with Crippen molar-refractivity contribution in [2.24, 2.45) is 5.92 Å². The van der Waals surface area contributed by atoms with Gasteiger partial charge in [0.2, 0.25) is 0 Å². The number of carbonyl (C=O) groups excluding carboxylic acids is 1. The highest BCUT2D eigenvalue weighted by Gasteiger charge is 2.34. The van der Waals surface area contributed by atoms with Crippen molar-refractivity contribution in [1.29, 1.82) is 0 Å². The fourth-order valence-electron chi connectivity index (χ4n) is 5.04. The summed E-state index contributed by atoms with van der Waals surface area (Å²) in [5, 5.41) is 0. The van der Waals surface area contributed by atoms with Gasteiger partial charge in [0.05, 0.1) is 18.0 Å². The van der Waals surface area contributed by atoms with Crippen LogP contribution in [0.15, 0.2) is 18.2 Å². The molecule has 1 aromatic heterocycles. The number of fused-ring (bicyclic) bond motifs is 4. The molecular weight excluding hydrogens is 412 g/mol. The Hall–Kier alpha value is -2.60. The second kappa shape index (κ2) is 8.01. The molecule has 0 saturated heterocycles. The van der Waals surface area contributed by atoms with Gasteiger partial charge in [-0.1, -0.05) is 13.0 Å². The van der Waals surface area contributed by atoms with Gasteiger partial charge in [0.1, 0.15) is 11.6 Å². The molecule has 3 aliphatic rings. The summed E-state index contributed by atoms with van der Waals surface area (Å²) in [6.07, 6.45) is 5.94. The van der Waals surface area contributed by atoms with Gasteiger partial charge in [-0.15, -0.1) is 0 Å². The summed E-state index contributed by atoms with van der Waals surface area (Å²) in [5.74, 6) is 2.48. The van der Waals surface area contributed by atoms with Crippen molar-refractivity contribution in [2.45, 2.75) is 58.9 Å². The molecule has 6 heteroatoms. The largest absolute Gasteiger partial charge is 0.493 e. The Balaban J connectivity index is 1.68. The van der Waals surface area contributed by atoms with Crippen LogP contribution in [0, 0.1) is 5.92 Å². The zero-order valence-electron chi connectivity index (χ0n) is 20.9. The average Bonchev–Trinajstić information content (AvgIpc) is 3.16. The fourth-order valence-corrected chi connectivity index (χ4v) is 5.04. The van der Waals surface area contributed by atoms with E-state index in [1.54, 1.807) is 0 Å². The lowest BCUT2D eigenvalue weighted by molar-refractivity contribution is 0.0649. The number of imidazole rings is 1. The Morgan fingerprint density at radius 3 is 2.67 bits per heavy atom. The highest BCUT2D eigenvalue weighted by Crippen LogP contribution is 2.38. The summed E-state index contributed by atoms with van der Waals surface area (Å²) in [6, 6.07) is 4.53. The van der Waals surface area contributed by atoms with E-state index in [-0.39, 0.29) is 11.4 Å². The van der Waals surface area contributed by atoms with E-state index in [0.29, 0.717) is 11.6 Å². The smallest absolute Gasteiger partial charge is 0.274 e. The number of amides is 1. The van der Waals surface area contributed by atoms with Gasteiger partial charge in [0.15, 0.2) is 5.69 Å². The molecule has 1 atom stereocenters. The molecule has 0 radical (unpaired) electrons. The third-order valence-corrected chi connectivity index (χ3v) is 7.41. The molecule has 3 aliphatic heterocycles. The Kier molecular flexibility index (Phi) is 5.39. The van der Waals surface area contributed by atoms with Crippen LogP contribution in [0.2, 0.25) is 0 Å². The lowest BCUT2D eigenvalue weighted by Gasteiger charge is -2.32.